The van der Waals surface area contributed by atoms with Gasteiger partial charge in [-0.2, -0.15) is 0 Å². The number of carbonyl (C=O) groups is 1. The van der Waals surface area contributed by atoms with Gasteiger partial charge in [0.15, 0.2) is 0 Å². The second kappa shape index (κ2) is 8.47. The van der Waals surface area contributed by atoms with Crippen molar-refractivity contribution in [3.63, 3.8) is 0 Å². The number of nitrogens with one attached hydrogen (secondary N) is 2. The summed E-state index contributed by atoms with van der Waals surface area (Å²) < 4.78 is 6.08. The number of fused-ring (bicyclic) bond motifs is 2. The van der Waals surface area contributed by atoms with E-state index in [1.165, 1.54) is 17.4 Å². The standard InChI is InChI=1S/C24H32N6O2S/c1-13-4-7-19-23(28-13)33-21(24(19,25)26)22(31)29-17-10-16-5-6-18(11-20(16)32-12-17)30-9-8-27-14(2)15(30)3/h4-7,11,14-15,17,21,27H,8-10,12,25-26H2,1-3H3,(H,29,31)/t14-,15-,17-,21?/m0/s1. The lowest BCUT2D eigenvalue weighted by atomic mass is 9.97. The summed E-state index contributed by atoms with van der Waals surface area (Å²) in [6, 6.07) is 10.9. The maximum atomic E-state index is 13.1. The Bertz CT molecular complexity index is 1080. The van der Waals surface area contributed by atoms with Crippen LogP contribution in [0, 0.1) is 6.92 Å². The molecule has 1 amide bonds. The van der Waals surface area contributed by atoms with Gasteiger partial charge < -0.3 is 31.7 Å². The van der Waals surface area contributed by atoms with Crippen molar-refractivity contribution in [1.82, 2.24) is 15.6 Å². The second-order valence-electron chi connectivity index (χ2n) is 9.43. The summed E-state index contributed by atoms with van der Waals surface area (Å²) >= 11 is 1.33. The zero-order chi connectivity index (χ0) is 23.3. The van der Waals surface area contributed by atoms with E-state index in [1.54, 1.807) is 0 Å². The van der Waals surface area contributed by atoms with E-state index in [9.17, 15) is 4.79 Å². The first-order valence-electron chi connectivity index (χ1n) is 11.5. The summed E-state index contributed by atoms with van der Waals surface area (Å²) in [5.74, 6) is 0.712. The van der Waals surface area contributed by atoms with Crippen LogP contribution in [0.25, 0.3) is 0 Å². The summed E-state index contributed by atoms with van der Waals surface area (Å²) in [5.41, 5.74) is 15.4. The van der Waals surface area contributed by atoms with Crippen molar-refractivity contribution >= 4 is 23.4 Å². The van der Waals surface area contributed by atoms with Crippen molar-refractivity contribution in [2.45, 2.75) is 61.3 Å². The Kier molecular flexibility index (Phi) is 5.76. The summed E-state index contributed by atoms with van der Waals surface area (Å²) in [6.45, 7) is 8.73. The van der Waals surface area contributed by atoms with Crippen LogP contribution in [-0.2, 0) is 16.9 Å². The number of hydrogen-bond donors (Lipinski definition) is 4. The zero-order valence-electron chi connectivity index (χ0n) is 19.3. The monoisotopic (exact) mass is 468 g/mol. The van der Waals surface area contributed by atoms with Gasteiger partial charge in [-0.1, -0.05) is 23.9 Å². The first-order chi connectivity index (χ1) is 15.7. The summed E-state index contributed by atoms with van der Waals surface area (Å²) in [5, 5.41) is 6.72. The van der Waals surface area contributed by atoms with Crippen LogP contribution in [0.3, 0.4) is 0 Å². The van der Waals surface area contributed by atoms with Crippen LogP contribution in [0.2, 0.25) is 0 Å². The van der Waals surface area contributed by atoms with Gasteiger partial charge in [-0.05, 0) is 44.9 Å². The van der Waals surface area contributed by atoms with E-state index in [2.05, 4.69) is 52.6 Å². The Labute approximate surface area is 198 Å². The van der Waals surface area contributed by atoms with E-state index in [-0.39, 0.29) is 11.9 Å². The van der Waals surface area contributed by atoms with E-state index in [1.807, 2.05) is 19.1 Å². The molecule has 0 bridgehead atoms. The van der Waals surface area contributed by atoms with Crippen LogP contribution in [0.5, 0.6) is 5.75 Å². The smallest absolute Gasteiger partial charge is 0.237 e. The van der Waals surface area contributed by atoms with Crippen LogP contribution in [0.15, 0.2) is 35.4 Å². The van der Waals surface area contributed by atoms with Crippen LogP contribution >= 0.6 is 11.8 Å². The molecule has 1 saturated heterocycles. The fourth-order valence-corrected chi connectivity index (χ4v) is 6.19. The molecular formula is C24H32N6O2S. The molecule has 0 saturated carbocycles. The summed E-state index contributed by atoms with van der Waals surface area (Å²) in [6.07, 6.45) is 0.707. The molecule has 0 radical (unpaired) electrons. The van der Waals surface area contributed by atoms with Crippen LogP contribution in [0.1, 0.15) is 30.7 Å². The highest BCUT2D eigenvalue weighted by molar-refractivity contribution is 8.01. The fraction of sp³-hybridized carbons (Fsp3) is 0.500. The molecule has 8 nitrogen and oxygen atoms in total. The van der Waals surface area contributed by atoms with Crippen molar-refractivity contribution in [2.75, 3.05) is 24.6 Å². The van der Waals surface area contributed by atoms with Crippen LogP contribution in [0.4, 0.5) is 5.69 Å². The number of thioether (sulfide) groups is 1. The van der Waals surface area contributed by atoms with Gasteiger partial charge in [0.05, 0.1) is 6.04 Å². The number of pyridine rings is 1. The van der Waals surface area contributed by atoms with Crippen molar-refractivity contribution in [2.24, 2.45) is 11.5 Å². The van der Waals surface area contributed by atoms with Gasteiger partial charge in [-0.25, -0.2) is 4.98 Å². The Balaban J connectivity index is 1.26. The number of ether oxygens (including phenoxy) is 1. The van der Waals surface area contributed by atoms with Crippen LogP contribution < -0.4 is 31.7 Å². The Morgan fingerprint density at radius 1 is 1.30 bits per heavy atom. The van der Waals surface area contributed by atoms with Crippen molar-refractivity contribution in [1.29, 1.82) is 0 Å². The van der Waals surface area contributed by atoms with Crippen molar-refractivity contribution in [3.05, 3.63) is 47.2 Å². The highest BCUT2D eigenvalue weighted by Crippen LogP contribution is 2.43. The van der Waals surface area contributed by atoms with E-state index in [4.69, 9.17) is 16.2 Å². The molecule has 1 aromatic carbocycles. The number of benzene rings is 1. The number of piperazine rings is 1. The predicted molar refractivity (Wildman–Crippen MR) is 131 cm³/mol. The first kappa shape index (κ1) is 22.5. The third-order valence-corrected chi connectivity index (χ3v) is 8.41. The van der Waals surface area contributed by atoms with E-state index >= 15 is 0 Å². The molecule has 176 valence electrons. The topological polar surface area (TPSA) is 119 Å². The number of nitrogens with two attached hydrogens (primary N) is 2. The highest BCUT2D eigenvalue weighted by atomic mass is 32.2. The van der Waals surface area contributed by atoms with Gasteiger partial charge in [-0.15, -0.1) is 0 Å². The lowest BCUT2D eigenvalue weighted by molar-refractivity contribution is -0.122. The molecule has 5 rings (SSSR count). The quantitative estimate of drug-likeness (QED) is 0.497. The lowest BCUT2D eigenvalue weighted by Gasteiger charge is -2.40. The summed E-state index contributed by atoms with van der Waals surface area (Å²) in [4.78, 5) is 20.1. The fourth-order valence-electron chi connectivity index (χ4n) is 4.90. The Morgan fingerprint density at radius 3 is 2.94 bits per heavy atom. The molecule has 4 heterocycles. The molecule has 1 fully saturated rings. The average molecular weight is 469 g/mol. The minimum Gasteiger partial charge on any atom is -0.491 e. The molecule has 33 heavy (non-hydrogen) atoms. The number of hydrogen-bond acceptors (Lipinski definition) is 8. The number of carbonyl (C=O) groups excluding carboxylic acids is 1. The Morgan fingerprint density at radius 2 is 2.12 bits per heavy atom. The second-order valence-corrected chi connectivity index (χ2v) is 10.5. The molecule has 1 unspecified atom stereocenters. The number of aromatic nitrogens is 1. The number of aryl methyl sites for hydroxylation is 1. The molecule has 2 aromatic rings. The number of nitrogens with zero attached hydrogens (tertiary/aromatic N) is 2. The lowest BCUT2D eigenvalue weighted by Crippen LogP contribution is -2.59. The zero-order valence-corrected chi connectivity index (χ0v) is 20.1. The maximum absolute atomic E-state index is 13.1. The third-order valence-electron chi connectivity index (χ3n) is 7.04. The van der Waals surface area contributed by atoms with Crippen LogP contribution in [-0.4, -0.2) is 54.0 Å². The predicted octanol–water partition coefficient (Wildman–Crippen LogP) is 1.24. The first-order valence-corrected chi connectivity index (χ1v) is 12.4. The maximum Gasteiger partial charge on any atom is 0.237 e. The van der Waals surface area contributed by atoms with E-state index in [0.29, 0.717) is 30.7 Å². The van der Waals surface area contributed by atoms with Gasteiger partial charge in [0.1, 0.15) is 28.3 Å². The average Bonchev–Trinajstić information content (AvgIpc) is 3.05. The molecule has 9 heteroatoms. The molecule has 0 aliphatic carbocycles. The van der Waals surface area contributed by atoms with E-state index in [0.717, 1.165) is 35.1 Å². The molecular weight excluding hydrogens is 436 g/mol. The number of anilines is 1. The van der Waals surface area contributed by atoms with Gasteiger partial charge in [0.2, 0.25) is 5.91 Å². The largest absolute Gasteiger partial charge is 0.491 e. The van der Waals surface area contributed by atoms with Gasteiger partial charge in [0.25, 0.3) is 0 Å². The minimum absolute atomic E-state index is 0.135. The number of rotatable bonds is 3. The molecule has 3 aliphatic rings. The molecule has 3 aliphatic heterocycles. The highest BCUT2D eigenvalue weighted by Gasteiger charge is 2.47. The van der Waals surface area contributed by atoms with Crippen molar-refractivity contribution < 1.29 is 9.53 Å². The molecule has 1 aromatic heterocycles. The molecule has 0 spiro atoms. The normalized spacial score (nSPS) is 28.0. The molecule has 4 atom stereocenters. The van der Waals surface area contributed by atoms with Gasteiger partial charge in [-0.3, -0.25) is 4.79 Å². The van der Waals surface area contributed by atoms with Crippen molar-refractivity contribution in [3.8, 4) is 5.75 Å². The third kappa shape index (κ3) is 4.07. The molecule has 6 N–H and O–H groups in total. The minimum atomic E-state index is -1.26. The SMILES string of the molecule is Cc1ccc2c(n1)SC(C(=O)N[C@@H]1COc3cc(N4CCN[C@@H](C)[C@@H]4C)ccc3C1)C2(N)N. The van der Waals surface area contributed by atoms with Gasteiger partial charge >= 0.3 is 0 Å². The van der Waals surface area contributed by atoms with E-state index < -0.39 is 10.9 Å². The summed E-state index contributed by atoms with van der Waals surface area (Å²) in [7, 11) is 0. The van der Waals surface area contributed by atoms with Gasteiger partial charge in [0, 0.05) is 48.2 Å². The number of amides is 1. The Hall–Kier alpha value is -2.33.